The second kappa shape index (κ2) is 8.68. The average molecular weight is 392 g/mol. The molecule has 0 spiro atoms. The van der Waals surface area contributed by atoms with Crippen LogP contribution in [0.15, 0.2) is 58.1 Å². The summed E-state index contributed by atoms with van der Waals surface area (Å²) in [5.41, 5.74) is 3.40. The van der Waals surface area contributed by atoms with Gasteiger partial charge in [0, 0.05) is 19.2 Å². The number of oxazole rings is 1. The second-order valence-electron chi connectivity index (χ2n) is 6.77. The predicted molar refractivity (Wildman–Crippen MR) is 111 cm³/mol. The molecule has 0 aliphatic carbocycles. The van der Waals surface area contributed by atoms with E-state index in [0.29, 0.717) is 25.2 Å². The van der Waals surface area contributed by atoms with Crippen molar-refractivity contribution in [2.24, 2.45) is 4.99 Å². The van der Waals surface area contributed by atoms with E-state index in [1.165, 1.54) is 11.1 Å². The van der Waals surface area contributed by atoms with Crippen LogP contribution in [0.5, 0.6) is 11.5 Å². The van der Waals surface area contributed by atoms with E-state index in [4.69, 9.17) is 13.9 Å². The molecular weight excluding hydrogens is 368 g/mol. The van der Waals surface area contributed by atoms with Crippen molar-refractivity contribution in [2.75, 3.05) is 20.4 Å². The average Bonchev–Trinajstić information content (AvgIpc) is 3.40. The molecule has 29 heavy (non-hydrogen) atoms. The minimum Gasteiger partial charge on any atom is -0.454 e. The summed E-state index contributed by atoms with van der Waals surface area (Å²) in [5.74, 6) is 3.67. The fourth-order valence-electron chi connectivity index (χ4n) is 3.04. The maximum atomic E-state index is 5.84. The number of hydrogen-bond acceptors (Lipinski definition) is 5. The zero-order valence-electron chi connectivity index (χ0n) is 16.6. The molecule has 0 amide bonds. The van der Waals surface area contributed by atoms with Gasteiger partial charge in [0.15, 0.2) is 23.2 Å². The van der Waals surface area contributed by atoms with Gasteiger partial charge in [0.1, 0.15) is 0 Å². The molecule has 0 atom stereocenters. The Bertz CT molecular complexity index is 996. The predicted octanol–water partition coefficient (Wildman–Crippen LogP) is 3.29. The Morgan fingerprint density at radius 3 is 2.72 bits per heavy atom. The minimum absolute atomic E-state index is 0.292. The van der Waals surface area contributed by atoms with Gasteiger partial charge in [-0.05, 0) is 31.0 Å². The van der Waals surface area contributed by atoms with Crippen LogP contribution in [0.2, 0.25) is 0 Å². The quantitative estimate of drug-likeness (QED) is 0.495. The van der Waals surface area contributed by atoms with E-state index in [1.54, 1.807) is 13.2 Å². The lowest BCUT2D eigenvalue weighted by atomic mass is 10.1. The number of aryl methyl sites for hydroxylation is 1. The molecule has 150 valence electrons. The molecule has 1 aromatic heterocycles. The van der Waals surface area contributed by atoms with Crippen LogP contribution >= 0.6 is 0 Å². The highest BCUT2D eigenvalue weighted by Crippen LogP contribution is 2.32. The molecule has 0 saturated heterocycles. The van der Waals surface area contributed by atoms with E-state index >= 15 is 0 Å². The Morgan fingerprint density at radius 2 is 1.90 bits per heavy atom. The van der Waals surface area contributed by atoms with Gasteiger partial charge >= 0.3 is 0 Å². The lowest BCUT2D eigenvalue weighted by Gasteiger charge is -2.10. The molecule has 0 fully saturated rings. The van der Waals surface area contributed by atoms with Crippen molar-refractivity contribution in [3.63, 3.8) is 0 Å². The second-order valence-corrected chi connectivity index (χ2v) is 6.77. The van der Waals surface area contributed by atoms with Crippen LogP contribution in [0.25, 0.3) is 11.3 Å². The summed E-state index contributed by atoms with van der Waals surface area (Å²) in [6, 6.07) is 14.2. The van der Waals surface area contributed by atoms with E-state index < -0.39 is 0 Å². The van der Waals surface area contributed by atoms with Crippen molar-refractivity contribution < 1.29 is 13.9 Å². The van der Waals surface area contributed by atoms with Gasteiger partial charge in [0.05, 0.1) is 12.7 Å². The number of aromatic nitrogens is 1. The molecule has 7 heteroatoms. The first-order valence-corrected chi connectivity index (χ1v) is 9.56. The normalized spacial score (nSPS) is 12.8. The SMILES string of the molecule is CN=C(NCCc1ccc2c(c1)OCO2)NCc1ncc(-c2ccc(C)cc2)o1. The van der Waals surface area contributed by atoms with Gasteiger partial charge in [0.2, 0.25) is 12.7 Å². The first-order valence-electron chi connectivity index (χ1n) is 9.56. The van der Waals surface area contributed by atoms with Crippen LogP contribution < -0.4 is 20.1 Å². The standard InChI is InChI=1S/C22H24N4O3/c1-15-3-6-17(7-4-15)20-12-25-21(29-20)13-26-22(23-2)24-10-9-16-5-8-18-19(11-16)28-14-27-18/h3-8,11-12H,9-10,13-14H2,1-2H3,(H2,23,24,26). The number of rotatable bonds is 6. The molecule has 2 N–H and O–H groups in total. The number of hydrogen-bond donors (Lipinski definition) is 2. The molecule has 0 bridgehead atoms. The van der Waals surface area contributed by atoms with Gasteiger partial charge in [-0.15, -0.1) is 0 Å². The molecule has 0 saturated carbocycles. The molecule has 1 aliphatic heterocycles. The largest absolute Gasteiger partial charge is 0.454 e. The lowest BCUT2D eigenvalue weighted by molar-refractivity contribution is 0.174. The molecule has 3 aromatic rings. The third kappa shape index (κ3) is 4.68. The zero-order valence-corrected chi connectivity index (χ0v) is 16.6. The Labute approximate surface area is 169 Å². The van der Waals surface area contributed by atoms with Crippen molar-refractivity contribution in [1.82, 2.24) is 15.6 Å². The van der Waals surface area contributed by atoms with Crippen LogP contribution in [-0.2, 0) is 13.0 Å². The Balaban J connectivity index is 1.26. The number of guanidine groups is 1. The zero-order chi connectivity index (χ0) is 20.1. The number of benzene rings is 2. The fraction of sp³-hybridized carbons (Fsp3) is 0.273. The molecule has 0 radical (unpaired) electrons. The minimum atomic E-state index is 0.292. The molecule has 1 aliphatic rings. The van der Waals surface area contributed by atoms with Crippen molar-refractivity contribution in [1.29, 1.82) is 0 Å². The maximum Gasteiger partial charge on any atom is 0.231 e. The van der Waals surface area contributed by atoms with Crippen molar-refractivity contribution in [3.05, 3.63) is 65.7 Å². The summed E-state index contributed by atoms with van der Waals surface area (Å²) in [6.45, 7) is 3.54. The summed E-state index contributed by atoms with van der Waals surface area (Å²) in [7, 11) is 1.74. The van der Waals surface area contributed by atoms with Gasteiger partial charge in [0.25, 0.3) is 0 Å². The lowest BCUT2D eigenvalue weighted by Crippen LogP contribution is -2.37. The van der Waals surface area contributed by atoms with E-state index in [2.05, 4.69) is 39.7 Å². The highest BCUT2D eigenvalue weighted by Gasteiger charge is 2.13. The van der Waals surface area contributed by atoms with Crippen molar-refractivity contribution in [2.45, 2.75) is 19.9 Å². The third-order valence-electron chi connectivity index (χ3n) is 4.66. The molecule has 2 aromatic carbocycles. The van der Waals surface area contributed by atoms with Crippen molar-refractivity contribution in [3.8, 4) is 22.8 Å². The van der Waals surface area contributed by atoms with E-state index in [9.17, 15) is 0 Å². The van der Waals surface area contributed by atoms with Crippen LogP contribution in [0, 0.1) is 6.92 Å². The van der Waals surface area contributed by atoms with Gasteiger partial charge < -0.3 is 24.5 Å². The topological polar surface area (TPSA) is 80.9 Å². The van der Waals surface area contributed by atoms with Crippen molar-refractivity contribution >= 4 is 5.96 Å². The highest BCUT2D eigenvalue weighted by atomic mass is 16.7. The molecule has 2 heterocycles. The fourth-order valence-corrected chi connectivity index (χ4v) is 3.04. The number of fused-ring (bicyclic) bond motifs is 1. The van der Waals surface area contributed by atoms with Gasteiger partial charge in [-0.3, -0.25) is 4.99 Å². The summed E-state index contributed by atoms with van der Waals surface area (Å²) >= 11 is 0. The van der Waals surface area contributed by atoms with Gasteiger partial charge in [-0.2, -0.15) is 0 Å². The van der Waals surface area contributed by atoms with E-state index in [-0.39, 0.29) is 0 Å². The van der Waals surface area contributed by atoms with Crippen LogP contribution in [-0.4, -0.2) is 31.3 Å². The number of aliphatic imine (C=N–C) groups is 1. The smallest absolute Gasteiger partial charge is 0.231 e. The summed E-state index contributed by atoms with van der Waals surface area (Å²) in [6.07, 6.45) is 2.59. The van der Waals surface area contributed by atoms with Crippen LogP contribution in [0.3, 0.4) is 0 Å². The summed E-state index contributed by atoms with van der Waals surface area (Å²) in [5, 5.41) is 6.52. The molecule has 4 rings (SSSR count). The third-order valence-corrected chi connectivity index (χ3v) is 4.66. The van der Waals surface area contributed by atoms with Gasteiger partial charge in [-0.1, -0.05) is 35.9 Å². The highest BCUT2D eigenvalue weighted by molar-refractivity contribution is 5.79. The number of nitrogens with one attached hydrogen (secondary N) is 2. The summed E-state index contributed by atoms with van der Waals surface area (Å²) < 4.78 is 16.6. The van der Waals surface area contributed by atoms with E-state index in [1.807, 2.05) is 30.3 Å². The Hall–Kier alpha value is -3.48. The first-order chi connectivity index (χ1) is 14.2. The molecular formula is C22H24N4O3. The Kier molecular flexibility index (Phi) is 5.65. The monoisotopic (exact) mass is 392 g/mol. The van der Waals surface area contributed by atoms with Crippen LogP contribution in [0.1, 0.15) is 17.0 Å². The first kappa shape index (κ1) is 18.9. The van der Waals surface area contributed by atoms with Crippen LogP contribution in [0.4, 0.5) is 0 Å². The van der Waals surface area contributed by atoms with Gasteiger partial charge in [-0.25, -0.2) is 4.98 Å². The number of ether oxygens (including phenoxy) is 2. The molecule has 7 nitrogen and oxygen atoms in total. The maximum absolute atomic E-state index is 5.84. The summed E-state index contributed by atoms with van der Waals surface area (Å²) in [4.78, 5) is 8.59. The number of nitrogens with zero attached hydrogens (tertiary/aromatic N) is 2. The molecule has 0 unspecified atom stereocenters. The Morgan fingerprint density at radius 1 is 1.07 bits per heavy atom. The van der Waals surface area contributed by atoms with E-state index in [0.717, 1.165) is 35.8 Å².